The summed E-state index contributed by atoms with van der Waals surface area (Å²) in [6, 6.07) is 17.4. The highest BCUT2D eigenvalue weighted by molar-refractivity contribution is 5.82. The Bertz CT molecular complexity index is 993. The average Bonchev–Trinajstić information content (AvgIpc) is 3.07. The summed E-state index contributed by atoms with van der Waals surface area (Å²) in [5, 5.41) is 0. The highest BCUT2D eigenvalue weighted by Gasteiger charge is 2.35. The van der Waals surface area contributed by atoms with Crippen LogP contribution in [0, 0.1) is 6.92 Å². The Morgan fingerprint density at radius 2 is 1.22 bits per heavy atom. The van der Waals surface area contributed by atoms with Crippen molar-refractivity contribution in [2.75, 3.05) is 0 Å². The molecule has 170 valence electrons. The van der Waals surface area contributed by atoms with Gasteiger partial charge >= 0.3 is 0 Å². The molecule has 0 spiro atoms. The Balaban J connectivity index is 2.12. The SMILES string of the molecule is CCCCCC1=C(c2cccc(CCCC)c2)[N+](=[N-])C(c2cccc(C)c2)=C1CCCC. The first kappa shape index (κ1) is 24.2. The second-order valence-corrected chi connectivity index (χ2v) is 9.20. The Hall–Kier alpha value is -2.48. The molecule has 0 bridgehead atoms. The third-order valence-corrected chi connectivity index (χ3v) is 6.48. The Kier molecular flexibility index (Phi) is 9.02. The summed E-state index contributed by atoms with van der Waals surface area (Å²) in [5.41, 5.74) is 21.1. The summed E-state index contributed by atoms with van der Waals surface area (Å²) in [6.45, 7) is 8.87. The van der Waals surface area contributed by atoms with Crippen LogP contribution in [0.3, 0.4) is 0 Å². The second kappa shape index (κ2) is 11.9. The number of hydrogen-bond acceptors (Lipinski definition) is 0. The summed E-state index contributed by atoms with van der Waals surface area (Å²) >= 11 is 0. The van der Waals surface area contributed by atoms with Crippen LogP contribution < -0.4 is 0 Å². The molecule has 3 rings (SSSR count). The molecule has 1 aliphatic rings. The molecule has 0 atom stereocenters. The van der Waals surface area contributed by atoms with Gasteiger partial charge in [0, 0.05) is 22.3 Å². The molecule has 0 radical (unpaired) electrons. The molecule has 32 heavy (non-hydrogen) atoms. The lowest BCUT2D eigenvalue weighted by Crippen LogP contribution is -2.03. The number of rotatable bonds is 12. The van der Waals surface area contributed by atoms with Crippen LogP contribution in [0.1, 0.15) is 101 Å². The molecule has 0 aliphatic carbocycles. The maximum Gasteiger partial charge on any atom is 0.211 e. The predicted molar refractivity (Wildman–Crippen MR) is 137 cm³/mol. The van der Waals surface area contributed by atoms with E-state index in [2.05, 4.69) is 76.2 Å². The molecule has 0 unspecified atom stereocenters. The van der Waals surface area contributed by atoms with Crippen molar-refractivity contribution in [1.82, 2.24) is 0 Å². The quantitative estimate of drug-likeness (QED) is 0.238. The molecule has 1 aliphatic heterocycles. The highest BCUT2D eigenvalue weighted by atomic mass is 15.2. The zero-order valence-corrected chi connectivity index (χ0v) is 20.6. The number of nitrogens with zero attached hydrogens (tertiary/aromatic N) is 2. The van der Waals surface area contributed by atoms with Crippen LogP contribution in [0.15, 0.2) is 59.7 Å². The minimum absolute atomic E-state index is 0.989. The van der Waals surface area contributed by atoms with Crippen LogP contribution in [0.4, 0.5) is 0 Å². The second-order valence-electron chi connectivity index (χ2n) is 9.20. The zero-order chi connectivity index (χ0) is 22.9. The molecule has 0 fully saturated rings. The van der Waals surface area contributed by atoms with Gasteiger partial charge in [0.2, 0.25) is 11.4 Å². The molecule has 0 aromatic heterocycles. The zero-order valence-electron chi connectivity index (χ0n) is 20.6. The van der Waals surface area contributed by atoms with Crippen LogP contribution in [-0.4, -0.2) is 4.70 Å². The van der Waals surface area contributed by atoms with Gasteiger partial charge in [0.15, 0.2) is 0 Å². The molecule has 2 nitrogen and oxygen atoms in total. The van der Waals surface area contributed by atoms with Gasteiger partial charge in [0.1, 0.15) is 0 Å². The lowest BCUT2D eigenvalue weighted by Gasteiger charge is -2.11. The van der Waals surface area contributed by atoms with Gasteiger partial charge < -0.3 is 5.53 Å². The molecule has 2 aromatic rings. The monoisotopic (exact) mass is 428 g/mol. The van der Waals surface area contributed by atoms with Crippen LogP contribution in [0.5, 0.6) is 0 Å². The fourth-order valence-electron chi connectivity index (χ4n) is 4.74. The van der Waals surface area contributed by atoms with Crippen molar-refractivity contribution in [3.63, 3.8) is 0 Å². The summed E-state index contributed by atoms with van der Waals surface area (Å²) in [4.78, 5) is 0. The maximum atomic E-state index is 11.6. The molecule has 0 amide bonds. The van der Waals surface area contributed by atoms with Crippen LogP contribution in [0.25, 0.3) is 16.9 Å². The average molecular weight is 429 g/mol. The Morgan fingerprint density at radius 1 is 0.656 bits per heavy atom. The molecule has 2 heteroatoms. The minimum Gasteiger partial charge on any atom is -0.493 e. The van der Waals surface area contributed by atoms with Crippen molar-refractivity contribution < 1.29 is 4.70 Å². The molecule has 1 heterocycles. The Morgan fingerprint density at radius 3 is 1.84 bits per heavy atom. The van der Waals surface area contributed by atoms with E-state index in [9.17, 15) is 5.53 Å². The van der Waals surface area contributed by atoms with E-state index in [0.29, 0.717) is 0 Å². The van der Waals surface area contributed by atoms with E-state index < -0.39 is 0 Å². The summed E-state index contributed by atoms with van der Waals surface area (Å²) in [7, 11) is 0. The predicted octanol–water partition coefficient (Wildman–Crippen LogP) is 9.28. The largest absolute Gasteiger partial charge is 0.493 e. The van der Waals surface area contributed by atoms with Crippen LogP contribution >= 0.6 is 0 Å². The van der Waals surface area contributed by atoms with Crippen molar-refractivity contribution in [3.8, 4) is 0 Å². The molecule has 0 saturated carbocycles. The lowest BCUT2D eigenvalue weighted by molar-refractivity contribution is -0.345. The smallest absolute Gasteiger partial charge is 0.211 e. The van der Waals surface area contributed by atoms with Gasteiger partial charge in [-0.25, -0.2) is 4.70 Å². The normalized spacial score (nSPS) is 14.1. The summed E-state index contributed by atoms with van der Waals surface area (Å²) in [6.07, 6.45) is 11.4. The van der Waals surface area contributed by atoms with E-state index in [4.69, 9.17) is 0 Å². The van der Waals surface area contributed by atoms with E-state index >= 15 is 0 Å². The van der Waals surface area contributed by atoms with Gasteiger partial charge in [0.05, 0.1) is 0 Å². The summed E-state index contributed by atoms with van der Waals surface area (Å²) in [5.74, 6) is 0. The van der Waals surface area contributed by atoms with E-state index in [1.54, 1.807) is 0 Å². The van der Waals surface area contributed by atoms with Gasteiger partial charge in [-0.3, -0.25) is 0 Å². The fraction of sp³-hybridized carbons (Fsp3) is 0.467. The first-order valence-corrected chi connectivity index (χ1v) is 12.7. The first-order chi connectivity index (χ1) is 15.6. The number of unbranched alkanes of at least 4 members (excludes halogenated alkanes) is 4. The van der Waals surface area contributed by atoms with Gasteiger partial charge in [-0.05, 0) is 75.3 Å². The van der Waals surface area contributed by atoms with E-state index in [1.807, 2.05) is 0 Å². The fourth-order valence-corrected chi connectivity index (χ4v) is 4.74. The molecule has 0 saturated heterocycles. The maximum absolute atomic E-state index is 11.6. The van der Waals surface area contributed by atoms with Crippen molar-refractivity contribution >= 4 is 11.4 Å². The van der Waals surface area contributed by atoms with E-state index in [-0.39, 0.29) is 0 Å². The molecular formula is C30H40N2. The highest BCUT2D eigenvalue weighted by Crippen LogP contribution is 2.44. The Labute approximate surface area is 195 Å². The number of hydrogen-bond donors (Lipinski definition) is 0. The molecule has 0 N–H and O–H groups in total. The van der Waals surface area contributed by atoms with Crippen molar-refractivity contribution in [1.29, 1.82) is 0 Å². The van der Waals surface area contributed by atoms with Crippen molar-refractivity contribution in [2.45, 2.75) is 91.9 Å². The number of benzene rings is 2. The van der Waals surface area contributed by atoms with Gasteiger partial charge in [0.25, 0.3) is 0 Å². The van der Waals surface area contributed by atoms with Gasteiger partial charge in [-0.1, -0.05) is 76.3 Å². The third-order valence-electron chi connectivity index (χ3n) is 6.48. The van der Waals surface area contributed by atoms with Crippen LogP contribution in [-0.2, 0) is 6.42 Å². The number of allylic oxidation sites excluding steroid dienone is 2. The standard InChI is InChI=1S/C30H40N2/c1-5-8-11-20-28-27(19-10-7-3)29(25-17-12-14-23(4)21-25)32(31)30(28)26-18-13-16-24(22-26)15-9-6-2/h12-14,16-18,21-22H,5-11,15,19-20H2,1-4H3. The summed E-state index contributed by atoms with van der Waals surface area (Å²) < 4.78 is 1.51. The van der Waals surface area contributed by atoms with Gasteiger partial charge in [-0.15, -0.1) is 0 Å². The lowest BCUT2D eigenvalue weighted by atomic mass is 9.91. The van der Waals surface area contributed by atoms with Crippen LogP contribution in [0.2, 0.25) is 0 Å². The van der Waals surface area contributed by atoms with Crippen molar-refractivity contribution in [2.24, 2.45) is 0 Å². The van der Waals surface area contributed by atoms with Gasteiger partial charge in [-0.2, -0.15) is 0 Å². The van der Waals surface area contributed by atoms with E-state index in [1.165, 1.54) is 52.7 Å². The van der Waals surface area contributed by atoms with E-state index in [0.717, 1.165) is 61.0 Å². The minimum atomic E-state index is 0.989. The number of aryl methyl sites for hydroxylation is 2. The topological polar surface area (TPSA) is 25.3 Å². The molecule has 2 aromatic carbocycles. The van der Waals surface area contributed by atoms with Crippen molar-refractivity contribution in [3.05, 3.63) is 87.5 Å². The first-order valence-electron chi connectivity index (χ1n) is 12.7. The third kappa shape index (κ3) is 5.65. The molecular weight excluding hydrogens is 388 g/mol.